The van der Waals surface area contributed by atoms with E-state index in [2.05, 4.69) is 5.10 Å². The molecule has 4 nitrogen and oxygen atoms in total. The van der Waals surface area contributed by atoms with Crippen molar-refractivity contribution < 1.29 is 9.84 Å². The van der Waals surface area contributed by atoms with Crippen molar-refractivity contribution in [1.82, 2.24) is 9.78 Å². The van der Waals surface area contributed by atoms with Crippen molar-refractivity contribution in [2.24, 2.45) is 0 Å². The molecule has 1 aliphatic heterocycles. The number of hydrogen-bond donors (Lipinski definition) is 1. The van der Waals surface area contributed by atoms with Gasteiger partial charge in [-0.2, -0.15) is 5.10 Å². The van der Waals surface area contributed by atoms with E-state index in [-0.39, 0.29) is 0 Å². The van der Waals surface area contributed by atoms with Crippen molar-refractivity contribution in [2.45, 2.75) is 38.0 Å². The molecule has 1 aliphatic rings. The first-order valence-electron chi connectivity index (χ1n) is 9.42. The SMILES string of the molecule is CCC1(O)OC(Cn2cc(C)cn2)=C(Cl)C1(c1ccccc1)c1ccccc1. The number of nitrogens with zero attached hydrogens (tertiary/aromatic N) is 2. The average molecular weight is 395 g/mol. The normalized spacial score (nSPS) is 21.0. The third-order valence-electron chi connectivity index (χ3n) is 5.41. The van der Waals surface area contributed by atoms with Crippen molar-refractivity contribution in [3.8, 4) is 0 Å². The fourth-order valence-corrected chi connectivity index (χ4v) is 4.56. The molecule has 1 aromatic heterocycles. The molecule has 2 aromatic carbocycles. The second kappa shape index (κ2) is 7.12. The van der Waals surface area contributed by atoms with Gasteiger partial charge in [0.1, 0.15) is 11.2 Å². The molecule has 1 N–H and O–H groups in total. The van der Waals surface area contributed by atoms with Crippen LogP contribution in [0.2, 0.25) is 0 Å². The Kier molecular flexibility index (Phi) is 4.77. The largest absolute Gasteiger partial charge is 0.462 e. The Morgan fingerprint density at radius 2 is 1.61 bits per heavy atom. The summed E-state index contributed by atoms with van der Waals surface area (Å²) in [6.07, 6.45) is 4.09. The Labute approximate surface area is 170 Å². The summed E-state index contributed by atoms with van der Waals surface area (Å²) in [5.74, 6) is -0.980. The van der Waals surface area contributed by atoms with Gasteiger partial charge in [0.05, 0.1) is 17.8 Å². The van der Waals surface area contributed by atoms with E-state index in [0.717, 1.165) is 16.7 Å². The van der Waals surface area contributed by atoms with Crippen molar-refractivity contribution in [1.29, 1.82) is 0 Å². The molecule has 5 heteroatoms. The van der Waals surface area contributed by atoms with Crippen LogP contribution < -0.4 is 0 Å². The summed E-state index contributed by atoms with van der Waals surface area (Å²) in [7, 11) is 0. The summed E-state index contributed by atoms with van der Waals surface area (Å²) in [5, 5.41) is 16.6. The van der Waals surface area contributed by atoms with E-state index < -0.39 is 11.2 Å². The molecule has 144 valence electrons. The van der Waals surface area contributed by atoms with Crippen LogP contribution in [-0.2, 0) is 16.7 Å². The van der Waals surface area contributed by atoms with Gasteiger partial charge in [-0.15, -0.1) is 0 Å². The van der Waals surface area contributed by atoms with Crippen molar-refractivity contribution in [3.63, 3.8) is 0 Å². The van der Waals surface area contributed by atoms with Crippen LogP contribution in [0.3, 0.4) is 0 Å². The van der Waals surface area contributed by atoms with E-state index in [0.29, 0.717) is 23.8 Å². The predicted molar refractivity (Wildman–Crippen MR) is 110 cm³/mol. The van der Waals surface area contributed by atoms with Crippen molar-refractivity contribution in [2.75, 3.05) is 0 Å². The fourth-order valence-electron chi connectivity index (χ4n) is 4.09. The first-order valence-corrected chi connectivity index (χ1v) is 9.79. The third kappa shape index (κ3) is 2.76. The molecular formula is C23H23ClN2O2. The molecule has 3 aromatic rings. The summed E-state index contributed by atoms with van der Waals surface area (Å²) in [5.41, 5.74) is 1.82. The van der Waals surface area contributed by atoms with Crippen LogP contribution in [-0.4, -0.2) is 20.7 Å². The minimum Gasteiger partial charge on any atom is -0.462 e. The highest BCUT2D eigenvalue weighted by atomic mass is 35.5. The number of halogens is 1. The number of allylic oxidation sites excluding steroid dienone is 1. The molecule has 0 bridgehead atoms. The van der Waals surface area contributed by atoms with E-state index in [4.69, 9.17) is 16.3 Å². The van der Waals surface area contributed by atoms with Gasteiger partial charge >= 0.3 is 0 Å². The zero-order valence-corrected chi connectivity index (χ0v) is 16.7. The molecular weight excluding hydrogens is 372 g/mol. The van der Waals surface area contributed by atoms with Crippen LogP contribution in [0.25, 0.3) is 0 Å². The van der Waals surface area contributed by atoms with E-state index in [1.54, 1.807) is 10.9 Å². The highest BCUT2D eigenvalue weighted by Crippen LogP contribution is 2.57. The Hall–Kier alpha value is -2.56. The van der Waals surface area contributed by atoms with Crippen LogP contribution in [0.1, 0.15) is 30.0 Å². The second-order valence-corrected chi connectivity index (χ2v) is 7.55. The van der Waals surface area contributed by atoms with Gasteiger partial charge < -0.3 is 9.84 Å². The number of aliphatic hydroxyl groups is 1. The molecule has 0 spiro atoms. The summed E-state index contributed by atoms with van der Waals surface area (Å²) in [4.78, 5) is 0. The molecule has 28 heavy (non-hydrogen) atoms. The van der Waals surface area contributed by atoms with Gasteiger partial charge in [0.2, 0.25) is 5.79 Å². The molecule has 0 aliphatic carbocycles. The number of aromatic nitrogens is 2. The Bertz CT molecular complexity index is 958. The molecule has 1 atom stereocenters. The molecule has 0 saturated carbocycles. The first kappa shape index (κ1) is 18.8. The van der Waals surface area contributed by atoms with Gasteiger partial charge in [-0.1, -0.05) is 79.2 Å². The minimum atomic E-state index is -1.51. The Balaban J connectivity index is 1.95. The van der Waals surface area contributed by atoms with Crippen molar-refractivity contribution in [3.05, 3.63) is 101 Å². The van der Waals surface area contributed by atoms with Crippen LogP contribution in [0.15, 0.2) is 83.8 Å². The second-order valence-electron chi connectivity index (χ2n) is 7.17. The van der Waals surface area contributed by atoms with Gasteiger partial charge in [-0.3, -0.25) is 4.68 Å². The zero-order valence-electron chi connectivity index (χ0n) is 16.0. The smallest absolute Gasteiger partial charge is 0.226 e. The van der Waals surface area contributed by atoms with Gasteiger partial charge in [-0.25, -0.2) is 0 Å². The maximum Gasteiger partial charge on any atom is 0.226 e. The first-order chi connectivity index (χ1) is 13.5. The average Bonchev–Trinajstić information content (AvgIpc) is 3.23. The van der Waals surface area contributed by atoms with Gasteiger partial charge in [0.25, 0.3) is 0 Å². The van der Waals surface area contributed by atoms with E-state index >= 15 is 0 Å². The quantitative estimate of drug-likeness (QED) is 0.678. The predicted octanol–water partition coefficient (Wildman–Crippen LogP) is 4.76. The lowest BCUT2D eigenvalue weighted by Gasteiger charge is -2.41. The van der Waals surface area contributed by atoms with E-state index in [9.17, 15) is 5.11 Å². The highest BCUT2D eigenvalue weighted by Gasteiger charge is 2.61. The third-order valence-corrected chi connectivity index (χ3v) is 5.91. The summed E-state index contributed by atoms with van der Waals surface area (Å²) < 4.78 is 7.96. The Morgan fingerprint density at radius 1 is 1.04 bits per heavy atom. The standard InChI is InChI=1S/C23H23ClN2O2/c1-3-22(27)23(18-10-6-4-7-11-18,19-12-8-5-9-13-19)21(24)20(28-22)16-26-15-17(2)14-25-26/h4-15,27H,3,16H2,1-2H3. The lowest BCUT2D eigenvalue weighted by molar-refractivity contribution is -0.192. The van der Waals surface area contributed by atoms with Gasteiger partial charge in [0, 0.05) is 12.6 Å². The fraction of sp³-hybridized carbons (Fsp3) is 0.261. The molecule has 1 unspecified atom stereocenters. The number of hydrogen-bond acceptors (Lipinski definition) is 3. The lowest BCUT2D eigenvalue weighted by Crippen LogP contribution is -2.50. The lowest BCUT2D eigenvalue weighted by atomic mass is 9.68. The summed E-state index contributed by atoms with van der Waals surface area (Å²) in [6.45, 7) is 4.25. The van der Waals surface area contributed by atoms with Crippen LogP contribution in [0.5, 0.6) is 0 Å². The molecule has 0 amide bonds. The number of benzene rings is 2. The molecule has 2 heterocycles. The van der Waals surface area contributed by atoms with E-state index in [1.165, 1.54) is 0 Å². The van der Waals surface area contributed by atoms with Gasteiger partial charge in [-0.05, 0) is 23.6 Å². The molecule has 0 fully saturated rings. The zero-order chi connectivity index (χ0) is 19.8. The Morgan fingerprint density at radius 3 is 2.07 bits per heavy atom. The highest BCUT2D eigenvalue weighted by molar-refractivity contribution is 6.32. The maximum atomic E-state index is 11.8. The topological polar surface area (TPSA) is 47.3 Å². The monoisotopic (exact) mass is 394 g/mol. The maximum absolute atomic E-state index is 11.8. The number of rotatable bonds is 5. The van der Waals surface area contributed by atoms with Crippen LogP contribution >= 0.6 is 11.6 Å². The number of aryl methyl sites for hydroxylation is 1. The van der Waals surface area contributed by atoms with Crippen LogP contribution in [0, 0.1) is 6.92 Å². The minimum absolute atomic E-state index is 0.358. The van der Waals surface area contributed by atoms with Gasteiger partial charge in [0.15, 0.2) is 0 Å². The number of ether oxygens (including phenoxy) is 1. The van der Waals surface area contributed by atoms with Crippen LogP contribution in [0.4, 0.5) is 0 Å². The molecule has 4 rings (SSSR count). The molecule has 0 saturated heterocycles. The molecule has 0 radical (unpaired) electrons. The summed E-state index contributed by atoms with van der Waals surface area (Å²) in [6, 6.07) is 19.7. The van der Waals surface area contributed by atoms with E-state index in [1.807, 2.05) is 80.7 Å². The summed E-state index contributed by atoms with van der Waals surface area (Å²) >= 11 is 7.04. The van der Waals surface area contributed by atoms with Crippen molar-refractivity contribution >= 4 is 11.6 Å².